The van der Waals surface area contributed by atoms with E-state index in [1.807, 2.05) is 0 Å². The zero-order chi connectivity index (χ0) is 6.85. The lowest BCUT2D eigenvalue weighted by atomic mass is 10.2. The Morgan fingerprint density at radius 2 is 2.44 bits per heavy atom. The van der Waals surface area contributed by atoms with Gasteiger partial charge in [0.25, 0.3) is 0 Å². The van der Waals surface area contributed by atoms with E-state index in [0.717, 1.165) is 0 Å². The molecule has 0 amide bonds. The number of carboxylic acids is 1. The summed E-state index contributed by atoms with van der Waals surface area (Å²) in [6.45, 7) is 0.238. The maximum absolute atomic E-state index is 10.1. The van der Waals surface area contributed by atoms with Crippen LogP contribution in [0.1, 0.15) is 6.42 Å². The van der Waals surface area contributed by atoms with Crippen molar-refractivity contribution in [2.24, 2.45) is 4.99 Å². The quantitative estimate of drug-likeness (QED) is 0.490. The van der Waals surface area contributed by atoms with Gasteiger partial charge >= 0.3 is 5.97 Å². The summed E-state index contributed by atoms with van der Waals surface area (Å²) in [5, 5.41) is 17.1. The van der Waals surface area contributed by atoms with Crippen LogP contribution in [0.4, 0.5) is 0 Å². The molecule has 0 saturated heterocycles. The Labute approximate surface area is 51.8 Å². The molecule has 1 rings (SSSR count). The fraction of sp³-hybridized carbons (Fsp3) is 0.600. The average molecular weight is 129 g/mol. The number of rotatable bonds is 1. The number of carbonyl (C=O) groups is 1. The Morgan fingerprint density at radius 3 is 2.67 bits per heavy atom. The first-order valence-electron chi connectivity index (χ1n) is 2.65. The molecule has 2 N–H and O–H groups in total. The standard InChI is InChI=1S/C5H7NO3/c7-3-1-4(5(8)9)6-2-3/h3,7H,1-2H2,(H,8,9)/t3-/m0/s1. The number of aliphatic hydroxyl groups excluding tert-OH is 1. The number of hydrogen-bond acceptors (Lipinski definition) is 3. The van der Waals surface area contributed by atoms with Gasteiger partial charge in [0.05, 0.1) is 12.6 Å². The van der Waals surface area contributed by atoms with Crippen molar-refractivity contribution < 1.29 is 15.0 Å². The van der Waals surface area contributed by atoms with E-state index in [4.69, 9.17) is 10.2 Å². The number of hydrogen-bond donors (Lipinski definition) is 2. The molecule has 0 aromatic rings. The summed E-state index contributed by atoms with van der Waals surface area (Å²) in [4.78, 5) is 13.7. The molecule has 0 aromatic carbocycles. The van der Waals surface area contributed by atoms with Crippen molar-refractivity contribution in [1.29, 1.82) is 0 Å². The van der Waals surface area contributed by atoms with Crippen molar-refractivity contribution >= 4 is 11.7 Å². The highest BCUT2D eigenvalue weighted by Crippen LogP contribution is 2.04. The van der Waals surface area contributed by atoms with Gasteiger partial charge in [-0.15, -0.1) is 0 Å². The van der Waals surface area contributed by atoms with Gasteiger partial charge in [-0.3, -0.25) is 4.99 Å². The van der Waals surface area contributed by atoms with Crippen molar-refractivity contribution in [3.05, 3.63) is 0 Å². The SMILES string of the molecule is O=C(O)C1=NC[C@@H](O)C1. The second kappa shape index (κ2) is 2.14. The van der Waals surface area contributed by atoms with Gasteiger partial charge in [-0.25, -0.2) is 4.79 Å². The van der Waals surface area contributed by atoms with Crippen LogP contribution in [-0.4, -0.2) is 34.5 Å². The van der Waals surface area contributed by atoms with Crippen LogP contribution in [0.5, 0.6) is 0 Å². The molecule has 50 valence electrons. The first kappa shape index (κ1) is 6.22. The molecule has 1 aliphatic heterocycles. The Kier molecular flexibility index (Phi) is 1.48. The molecule has 4 heteroatoms. The van der Waals surface area contributed by atoms with Gasteiger partial charge in [0.1, 0.15) is 5.71 Å². The molecule has 9 heavy (non-hydrogen) atoms. The molecule has 0 unspecified atom stereocenters. The molecule has 1 heterocycles. The molecule has 0 spiro atoms. The molecular weight excluding hydrogens is 122 g/mol. The zero-order valence-electron chi connectivity index (χ0n) is 4.74. The van der Waals surface area contributed by atoms with Gasteiger partial charge in [-0.1, -0.05) is 0 Å². The first-order valence-corrected chi connectivity index (χ1v) is 2.65. The molecule has 0 aliphatic carbocycles. The van der Waals surface area contributed by atoms with Crippen molar-refractivity contribution in [2.75, 3.05) is 6.54 Å². The number of carboxylic acid groups (broad SMARTS) is 1. The van der Waals surface area contributed by atoms with Gasteiger partial charge in [0.15, 0.2) is 0 Å². The third-order valence-corrected chi connectivity index (χ3v) is 1.17. The van der Waals surface area contributed by atoms with Crippen LogP contribution >= 0.6 is 0 Å². The molecule has 0 fully saturated rings. The molecular formula is C5H7NO3. The topological polar surface area (TPSA) is 69.9 Å². The summed E-state index contributed by atoms with van der Waals surface area (Å²) < 4.78 is 0. The highest BCUT2D eigenvalue weighted by molar-refractivity contribution is 6.36. The summed E-state index contributed by atoms with van der Waals surface area (Å²) in [6, 6.07) is 0. The smallest absolute Gasteiger partial charge is 0.349 e. The number of aliphatic imine (C=N–C) groups is 1. The van der Waals surface area contributed by atoms with E-state index in [1.54, 1.807) is 0 Å². The molecule has 0 bridgehead atoms. The molecule has 0 aromatic heterocycles. The largest absolute Gasteiger partial charge is 0.477 e. The highest BCUT2D eigenvalue weighted by atomic mass is 16.4. The third kappa shape index (κ3) is 1.26. The van der Waals surface area contributed by atoms with Crippen LogP contribution in [0.15, 0.2) is 4.99 Å². The first-order chi connectivity index (χ1) is 4.20. The predicted molar refractivity (Wildman–Crippen MR) is 30.6 cm³/mol. The average Bonchev–Trinajstić information content (AvgIpc) is 2.14. The van der Waals surface area contributed by atoms with Gasteiger partial charge in [0, 0.05) is 6.42 Å². The third-order valence-electron chi connectivity index (χ3n) is 1.17. The van der Waals surface area contributed by atoms with Gasteiger partial charge in [-0.05, 0) is 0 Å². The Hall–Kier alpha value is -0.900. The van der Waals surface area contributed by atoms with Crippen LogP contribution in [0, 0.1) is 0 Å². The molecule has 1 atom stereocenters. The number of nitrogens with zero attached hydrogens (tertiary/aromatic N) is 1. The predicted octanol–water partition coefficient (Wildman–Crippen LogP) is -0.723. The minimum atomic E-state index is -1.02. The van der Waals surface area contributed by atoms with E-state index in [0.29, 0.717) is 0 Å². The summed E-state index contributed by atoms with van der Waals surface area (Å²) in [5.41, 5.74) is 0.0856. The minimum Gasteiger partial charge on any atom is -0.477 e. The molecule has 0 saturated carbocycles. The van der Waals surface area contributed by atoms with E-state index < -0.39 is 12.1 Å². The highest BCUT2D eigenvalue weighted by Gasteiger charge is 2.20. The van der Waals surface area contributed by atoms with Crippen molar-refractivity contribution in [2.45, 2.75) is 12.5 Å². The van der Waals surface area contributed by atoms with Crippen LogP contribution in [0.3, 0.4) is 0 Å². The summed E-state index contributed by atoms with van der Waals surface area (Å²) in [5.74, 6) is -1.02. The number of aliphatic carboxylic acids is 1. The monoisotopic (exact) mass is 129 g/mol. The lowest BCUT2D eigenvalue weighted by Gasteiger charge is -1.93. The second-order valence-corrected chi connectivity index (χ2v) is 1.95. The molecule has 4 nitrogen and oxygen atoms in total. The van der Waals surface area contributed by atoms with E-state index in [2.05, 4.69) is 4.99 Å². The fourth-order valence-electron chi connectivity index (χ4n) is 0.723. The maximum atomic E-state index is 10.1. The summed E-state index contributed by atoms with van der Waals surface area (Å²) in [6.07, 6.45) is -0.383. The zero-order valence-corrected chi connectivity index (χ0v) is 4.74. The summed E-state index contributed by atoms with van der Waals surface area (Å²) >= 11 is 0. The van der Waals surface area contributed by atoms with E-state index in [9.17, 15) is 4.79 Å². The molecule has 1 aliphatic rings. The van der Waals surface area contributed by atoms with Crippen molar-refractivity contribution in [3.8, 4) is 0 Å². The second-order valence-electron chi connectivity index (χ2n) is 1.95. The Morgan fingerprint density at radius 1 is 1.78 bits per heavy atom. The Balaban J connectivity index is 2.55. The van der Waals surface area contributed by atoms with Gasteiger partial charge < -0.3 is 10.2 Å². The van der Waals surface area contributed by atoms with Crippen molar-refractivity contribution in [3.63, 3.8) is 0 Å². The fourth-order valence-corrected chi connectivity index (χ4v) is 0.723. The maximum Gasteiger partial charge on any atom is 0.349 e. The minimum absolute atomic E-state index is 0.0856. The van der Waals surface area contributed by atoms with E-state index in [-0.39, 0.29) is 18.7 Å². The van der Waals surface area contributed by atoms with Crippen LogP contribution in [0.25, 0.3) is 0 Å². The van der Waals surface area contributed by atoms with Gasteiger partial charge in [0.2, 0.25) is 0 Å². The van der Waals surface area contributed by atoms with Crippen molar-refractivity contribution in [1.82, 2.24) is 0 Å². The Bertz CT molecular complexity index is 164. The van der Waals surface area contributed by atoms with Crippen LogP contribution < -0.4 is 0 Å². The van der Waals surface area contributed by atoms with Gasteiger partial charge in [-0.2, -0.15) is 0 Å². The van der Waals surface area contributed by atoms with E-state index in [1.165, 1.54) is 0 Å². The summed E-state index contributed by atoms with van der Waals surface area (Å²) in [7, 11) is 0. The molecule has 0 radical (unpaired) electrons. The van der Waals surface area contributed by atoms with E-state index >= 15 is 0 Å². The normalized spacial score (nSPS) is 25.9. The van der Waals surface area contributed by atoms with Crippen LogP contribution in [0.2, 0.25) is 0 Å². The lowest BCUT2D eigenvalue weighted by Crippen LogP contribution is -2.13. The lowest BCUT2D eigenvalue weighted by molar-refractivity contribution is -0.129. The van der Waals surface area contributed by atoms with Crippen LogP contribution in [-0.2, 0) is 4.79 Å². The number of aliphatic hydroxyl groups is 1.